The van der Waals surface area contributed by atoms with Crippen LogP contribution in [-0.2, 0) is 16.0 Å². The minimum atomic E-state index is -0.705. The Morgan fingerprint density at radius 2 is 1.64 bits per heavy atom. The molecule has 0 radical (unpaired) electrons. The summed E-state index contributed by atoms with van der Waals surface area (Å²) in [5.74, 6) is 0.355. The van der Waals surface area contributed by atoms with E-state index >= 15 is 0 Å². The number of likely N-dealkylation sites (N-methyl/N-ethyl adjacent to an activating group) is 1. The number of hydrogen-bond acceptors (Lipinski definition) is 5. The summed E-state index contributed by atoms with van der Waals surface area (Å²) in [6.45, 7) is 0. The van der Waals surface area contributed by atoms with Crippen molar-refractivity contribution in [3.05, 3.63) is 75.5 Å². The fourth-order valence-electron chi connectivity index (χ4n) is 3.42. The van der Waals surface area contributed by atoms with Crippen LogP contribution in [0.15, 0.2) is 48.5 Å². The molecule has 9 heteroatoms. The van der Waals surface area contributed by atoms with Gasteiger partial charge < -0.3 is 9.64 Å². The van der Waals surface area contributed by atoms with Crippen molar-refractivity contribution in [3.63, 3.8) is 0 Å². The Labute approximate surface area is 171 Å². The lowest BCUT2D eigenvalue weighted by atomic mass is 9.91. The zero-order valence-electron chi connectivity index (χ0n) is 14.9. The fraction of sp³-hybridized carbons (Fsp3) is 0.263. The van der Waals surface area contributed by atoms with Crippen LogP contribution in [0, 0.1) is 0 Å². The van der Waals surface area contributed by atoms with Gasteiger partial charge in [0.25, 0.3) is 5.91 Å². The maximum Gasteiger partial charge on any atom is 0.252 e. The lowest BCUT2D eigenvalue weighted by molar-refractivity contribution is -0.171. The molecule has 2 heterocycles. The summed E-state index contributed by atoms with van der Waals surface area (Å²) >= 11 is 12.1. The molecule has 1 N–H and O–H groups in total. The van der Waals surface area contributed by atoms with Crippen molar-refractivity contribution in [1.82, 2.24) is 25.5 Å². The van der Waals surface area contributed by atoms with Crippen LogP contribution in [0.5, 0.6) is 0 Å². The molecule has 1 aliphatic heterocycles. The van der Waals surface area contributed by atoms with Crippen molar-refractivity contribution < 1.29 is 9.53 Å². The standard InChI is InChI=1S/C19H17Cl2N5O2/c1-26-17(11-2-6-13(20)7-3-11)18(12-4-8-14(21)9-5-12)28-15(19(26)27)10-16-22-24-25-23-16/h2-9,15,17-18H,10H2,1H3,(H,22,23,24,25)/t15-,17+,18-/m1/s1. The zero-order valence-corrected chi connectivity index (χ0v) is 16.4. The number of nitrogens with one attached hydrogen (secondary N) is 1. The van der Waals surface area contributed by atoms with Gasteiger partial charge in [-0.15, -0.1) is 5.10 Å². The molecule has 3 atom stereocenters. The highest BCUT2D eigenvalue weighted by atomic mass is 35.5. The van der Waals surface area contributed by atoms with Gasteiger partial charge in [0, 0.05) is 23.5 Å². The van der Waals surface area contributed by atoms with Crippen LogP contribution in [0.2, 0.25) is 10.0 Å². The van der Waals surface area contributed by atoms with Crippen LogP contribution in [0.3, 0.4) is 0 Å². The Morgan fingerprint density at radius 1 is 1.04 bits per heavy atom. The summed E-state index contributed by atoms with van der Waals surface area (Å²) in [4.78, 5) is 14.7. The molecule has 1 aromatic heterocycles. The fourth-order valence-corrected chi connectivity index (χ4v) is 3.68. The monoisotopic (exact) mass is 417 g/mol. The molecule has 7 nitrogen and oxygen atoms in total. The van der Waals surface area contributed by atoms with E-state index in [1.165, 1.54) is 0 Å². The van der Waals surface area contributed by atoms with Crippen molar-refractivity contribution in [2.75, 3.05) is 7.05 Å². The van der Waals surface area contributed by atoms with E-state index < -0.39 is 6.10 Å². The molecule has 2 aromatic carbocycles. The molecule has 0 saturated carbocycles. The van der Waals surface area contributed by atoms with E-state index in [0.29, 0.717) is 15.9 Å². The van der Waals surface area contributed by atoms with Gasteiger partial charge in [-0.3, -0.25) is 4.79 Å². The number of nitrogens with zero attached hydrogens (tertiary/aromatic N) is 4. The number of tetrazole rings is 1. The number of amides is 1. The lowest BCUT2D eigenvalue weighted by Gasteiger charge is -2.43. The first-order valence-corrected chi connectivity index (χ1v) is 9.44. The van der Waals surface area contributed by atoms with Gasteiger partial charge in [0.1, 0.15) is 12.2 Å². The number of halogens is 2. The van der Waals surface area contributed by atoms with Crippen LogP contribution in [0.4, 0.5) is 0 Å². The number of aromatic nitrogens is 4. The molecule has 1 fully saturated rings. The topological polar surface area (TPSA) is 84.0 Å². The van der Waals surface area contributed by atoms with E-state index in [0.717, 1.165) is 11.1 Å². The summed E-state index contributed by atoms with van der Waals surface area (Å²) in [6.07, 6.45) is -0.834. The Hall–Kier alpha value is -2.48. The van der Waals surface area contributed by atoms with Gasteiger partial charge >= 0.3 is 0 Å². The van der Waals surface area contributed by atoms with Gasteiger partial charge in [0.2, 0.25) is 0 Å². The largest absolute Gasteiger partial charge is 0.357 e. The normalized spacial score (nSPS) is 22.5. The van der Waals surface area contributed by atoms with E-state index in [4.69, 9.17) is 27.9 Å². The maximum atomic E-state index is 13.0. The van der Waals surface area contributed by atoms with Crippen LogP contribution < -0.4 is 0 Å². The molecule has 0 spiro atoms. The van der Waals surface area contributed by atoms with Crippen LogP contribution in [0.25, 0.3) is 0 Å². The molecular weight excluding hydrogens is 401 g/mol. The predicted octanol–water partition coefficient (Wildman–Crippen LogP) is 3.39. The van der Waals surface area contributed by atoms with Gasteiger partial charge in [-0.2, -0.15) is 0 Å². The Balaban J connectivity index is 1.71. The number of carbonyl (C=O) groups is 1. The average Bonchev–Trinajstić information content (AvgIpc) is 3.20. The van der Waals surface area contributed by atoms with Gasteiger partial charge in [-0.25, -0.2) is 5.10 Å². The van der Waals surface area contributed by atoms with E-state index in [2.05, 4.69) is 20.6 Å². The first-order valence-electron chi connectivity index (χ1n) is 8.68. The van der Waals surface area contributed by atoms with E-state index in [9.17, 15) is 4.79 Å². The number of aromatic amines is 1. The van der Waals surface area contributed by atoms with Gasteiger partial charge in [-0.05, 0) is 45.8 Å². The third kappa shape index (κ3) is 3.73. The summed E-state index contributed by atoms with van der Waals surface area (Å²) < 4.78 is 6.28. The number of H-pyrrole nitrogens is 1. The van der Waals surface area contributed by atoms with E-state index in [1.807, 2.05) is 36.4 Å². The van der Waals surface area contributed by atoms with Crippen molar-refractivity contribution in [2.24, 2.45) is 0 Å². The van der Waals surface area contributed by atoms with Crippen molar-refractivity contribution in [1.29, 1.82) is 0 Å². The molecule has 4 rings (SSSR count). The highest BCUT2D eigenvalue weighted by molar-refractivity contribution is 6.30. The van der Waals surface area contributed by atoms with Crippen molar-refractivity contribution >= 4 is 29.1 Å². The third-order valence-corrected chi connectivity index (χ3v) is 5.32. The summed E-state index contributed by atoms with van der Waals surface area (Å²) in [5.41, 5.74) is 1.85. The van der Waals surface area contributed by atoms with E-state index in [-0.39, 0.29) is 24.5 Å². The Morgan fingerprint density at radius 3 is 2.21 bits per heavy atom. The second kappa shape index (κ2) is 7.87. The number of hydrogen-bond donors (Lipinski definition) is 1. The molecule has 144 valence electrons. The van der Waals surface area contributed by atoms with Crippen LogP contribution in [0.1, 0.15) is 29.1 Å². The minimum absolute atomic E-state index is 0.137. The Bertz CT molecular complexity index is 947. The van der Waals surface area contributed by atoms with Gasteiger partial charge in [-0.1, -0.05) is 47.5 Å². The first-order chi connectivity index (χ1) is 13.5. The van der Waals surface area contributed by atoms with Crippen LogP contribution >= 0.6 is 23.2 Å². The molecule has 3 aromatic rings. The summed E-state index contributed by atoms with van der Waals surface area (Å²) in [7, 11) is 1.78. The second-order valence-corrected chi connectivity index (χ2v) is 7.47. The molecule has 1 aliphatic rings. The number of ether oxygens (including phenoxy) is 1. The third-order valence-electron chi connectivity index (χ3n) is 4.82. The van der Waals surface area contributed by atoms with Crippen molar-refractivity contribution in [3.8, 4) is 0 Å². The maximum absolute atomic E-state index is 13.0. The average molecular weight is 418 g/mol. The summed E-state index contributed by atoms with van der Waals surface area (Å²) in [5, 5.41) is 14.9. The quantitative estimate of drug-likeness (QED) is 0.702. The molecule has 1 saturated heterocycles. The number of rotatable bonds is 4. The second-order valence-electron chi connectivity index (χ2n) is 6.59. The molecule has 0 aliphatic carbocycles. The number of benzene rings is 2. The smallest absolute Gasteiger partial charge is 0.252 e. The molecule has 28 heavy (non-hydrogen) atoms. The molecule has 0 bridgehead atoms. The molecule has 1 amide bonds. The van der Waals surface area contributed by atoms with Crippen molar-refractivity contribution in [2.45, 2.75) is 24.7 Å². The van der Waals surface area contributed by atoms with E-state index in [1.54, 1.807) is 24.1 Å². The van der Waals surface area contributed by atoms with Gasteiger partial charge in [0.05, 0.1) is 6.04 Å². The number of carbonyl (C=O) groups excluding carboxylic acids is 1. The zero-order chi connectivity index (χ0) is 19.7. The minimum Gasteiger partial charge on any atom is -0.357 e. The number of morpholine rings is 1. The summed E-state index contributed by atoms with van der Waals surface area (Å²) in [6, 6.07) is 14.6. The molecular formula is C19H17Cl2N5O2. The Kier molecular flexibility index (Phi) is 5.30. The van der Waals surface area contributed by atoms with Crippen LogP contribution in [-0.4, -0.2) is 44.6 Å². The lowest BCUT2D eigenvalue weighted by Crippen LogP contribution is -2.49. The SMILES string of the molecule is CN1C(=O)[C@@H](Cc2nnn[nH]2)O[C@H](c2ccc(Cl)cc2)[C@@H]1c1ccc(Cl)cc1. The highest BCUT2D eigenvalue weighted by Crippen LogP contribution is 2.42. The highest BCUT2D eigenvalue weighted by Gasteiger charge is 2.42. The molecule has 0 unspecified atom stereocenters. The van der Waals surface area contributed by atoms with Gasteiger partial charge in [0.15, 0.2) is 5.82 Å². The first kappa shape index (κ1) is 18.9. The predicted molar refractivity (Wildman–Crippen MR) is 104 cm³/mol.